The first-order chi connectivity index (χ1) is 6.98. The highest BCUT2D eigenvalue weighted by Crippen LogP contribution is 2.67. The lowest BCUT2D eigenvalue weighted by Crippen LogP contribution is -2.27. The van der Waals surface area contributed by atoms with Gasteiger partial charge in [0.1, 0.15) is 0 Å². The topological polar surface area (TPSA) is 0 Å². The SMILES string of the molecule is CC1=CCC2C(C)(C)C3=C(C)[C]=CC12C3. The number of hydrogen-bond donors (Lipinski definition) is 0. The normalized spacial score (nSPS) is 40.8. The van der Waals surface area contributed by atoms with E-state index in [1.807, 2.05) is 0 Å². The number of allylic oxidation sites excluding steroid dienone is 6. The number of fused-ring (bicyclic) bond motifs is 1. The van der Waals surface area contributed by atoms with Crippen LogP contribution in [0, 0.1) is 22.8 Å². The highest BCUT2D eigenvalue weighted by atomic mass is 14.6. The summed E-state index contributed by atoms with van der Waals surface area (Å²) in [5.74, 6) is 0.782. The standard InChI is InChI=1S/C15H19/c1-10-7-8-15-9-12(10)14(3,4)13(15)6-5-11(15)2/h5,8,13H,6,9H2,1-4H3. The lowest BCUT2D eigenvalue weighted by atomic mass is 9.70. The second kappa shape index (κ2) is 2.48. The summed E-state index contributed by atoms with van der Waals surface area (Å²) in [5.41, 5.74) is 5.35. The third-order valence-electron chi connectivity index (χ3n) is 5.13. The van der Waals surface area contributed by atoms with Crippen molar-refractivity contribution in [2.75, 3.05) is 0 Å². The van der Waals surface area contributed by atoms with Gasteiger partial charge in [-0.3, -0.25) is 0 Å². The molecule has 0 aromatic carbocycles. The van der Waals surface area contributed by atoms with Crippen LogP contribution in [0.5, 0.6) is 0 Å². The van der Waals surface area contributed by atoms with Crippen molar-refractivity contribution in [2.45, 2.75) is 40.5 Å². The summed E-state index contributed by atoms with van der Waals surface area (Å²) in [7, 11) is 0. The van der Waals surface area contributed by atoms with E-state index in [-0.39, 0.29) is 0 Å². The molecule has 2 atom stereocenters. The van der Waals surface area contributed by atoms with Crippen molar-refractivity contribution in [3.05, 3.63) is 34.9 Å². The molecule has 3 aliphatic rings. The fourth-order valence-electron chi connectivity index (χ4n) is 4.11. The Kier molecular flexibility index (Phi) is 1.56. The molecule has 3 rings (SSSR count). The van der Waals surface area contributed by atoms with Crippen LogP contribution in [0.3, 0.4) is 0 Å². The molecule has 0 aromatic heterocycles. The third-order valence-corrected chi connectivity index (χ3v) is 5.13. The first-order valence-electron chi connectivity index (χ1n) is 5.97. The number of hydrogen-bond acceptors (Lipinski definition) is 0. The first kappa shape index (κ1) is 9.45. The molecule has 0 nitrogen and oxygen atoms in total. The minimum atomic E-state index is 0.346. The Bertz CT molecular complexity index is 417. The molecule has 1 saturated carbocycles. The molecule has 1 radical (unpaired) electrons. The average molecular weight is 199 g/mol. The van der Waals surface area contributed by atoms with Gasteiger partial charge in [-0.15, -0.1) is 0 Å². The molecule has 15 heavy (non-hydrogen) atoms. The van der Waals surface area contributed by atoms with Crippen LogP contribution >= 0.6 is 0 Å². The molecule has 2 unspecified atom stereocenters. The monoisotopic (exact) mass is 199 g/mol. The van der Waals surface area contributed by atoms with Crippen LogP contribution in [0.25, 0.3) is 0 Å². The summed E-state index contributed by atoms with van der Waals surface area (Å²) in [5, 5.41) is 0. The molecule has 0 N–H and O–H groups in total. The molecular weight excluding hydrogens is 180 g/mol. The molecule has 0 saturated heterocycles. The second-order valence-corrected chi connectivity index (χ2v) is 6.01. The largest absolute Gasteiger partial charge is 0.0844 e. The van der Waals surface area contributed by atoms with E-state index in [9.17, 15) is 0 Å². The summed E-state index contributed by atoms with van der Waals surface area (Å²) in [6.07, 6.45) is 10.8. The summed E-state index contributed by atoms with van der Waals surface area (Å²) >= 11 is 0. The Balaban J connectivity index is 2.23. The number of rotatable bonds is 0. The highest BCUT2D eigenvalue weighted by molar-refractivity contribution is 5.47. The van der Waals surface area contributed by atoms with E-state index < -0.39 is 0 Å². The zero-order chi connectivity index (χ0) is 10.8. The molecule has 0 aromatic rings. The lowest BCUT2D eigenvalue weighted by molar-refractivity contribution is 0.232. The van der Waals surface area contributed by atoms with Crippen molar-refractivity contribution < 1.29 is 0 Å². The summed E-state index contributed by atoms with van der Waals surface area (Å²) in [6.45, 7) is 9.37. The zero-order valence-corrected chi connectivity index (χ0v) is 10.1. The van der Waals surface area contributed by atoms with E-state index in [1.165, 1.54) is 18.4 Å². The predicted molar refractivity (Wildman–Crippen MR) is 63.2 cm³/mol. The molecule has 0 aliphatic heterocycles. The van der Waals surface area contributed by atoms with Crippen molar-refractivity contribution >= 4 is 0 Å². The first-order valence-corrected chi connectivity index (χ1v) is 5.97. The van der Waals surface area contributed by atoms with Gasteiger partial charge in [0, 0.05) is 5.41 Å². The van der Waals surface area contributed by atoms with Gasteiger partial charge in [-0.05, 0) is 49.7 Å². The minimum absolute atomic E-state index is 0.346. The van der Waals surface area contributed by atoms with Crippen LogP contribution in [-0.2, 0) is 0 Å². The molecule has 1 spiro atoms. The van der Waals surface area contributed by atoms with Crippen molar-refractivity contribution in [3.8, 4) is 0 Å². The molecule has 3 aliphatic carbocycles. The highest BCUT2D eigenvalue weighted by Gasteiger charge is 2.57. The third kappa shape index (κ3) is 0.891. The Morgan fingerprint density at radius 2 is 2.07 bits per heavy atom. The van der Waals surface area contributed by atoms with Gasteiger partial charge in [0.05, 0.1) is 0 Å². The summed E-state index contributed by atoms with van der Waals surface area (Å²) in [6, 6.07) is 0. The van der Waals surface area contributed by atoms with E-state index in [2.05, 4.69) is 45.9 Å². The van der Waals surface area contributed by atoms with Crippen LogP contribution < -0.4 is 0 Å². The van der Waals surface area contributed by atoms with Crippen LogP contribution in [-0.4, -0.2) is 0 Å². The van der Waals surface area contributed by atoms with Gasteiger partial charge in [0.2, 0.25) is 0 Å². The predicted octanol–water partition coefficient (Wildman–Crippen LogP) is 4.06. The van der Waals surface area contributed by atoms with Crippen LogP contribution in [0.4, 0.5) is 0 Å². The molecular formula is C15H19. The Morgan fingerprint density at radius 1 is 1.33 bits per heavy atom. The maximum Gasteiger partial charge on any atom is 0.0174 e. The van der Waals surface area contributed by atoms with E-state index >= 15 is 0 Å². The fraction of sp³-hybridized carbons (Fsp3) is 0.600. The van der Waals surface area contributed by atoms with Crippen LogP contribution in [0.1, 0.15) is 40.5 Å². The van der Waals surface area contributed by atoms with E-state index in [4.69, 9.17) is 0 Å². The lowest BCUT2D eigenvalue weighted by Gasteiger charge is -2.33. The van der Waals surface area contributed by atoms with E-state index in [0.717, 1.165) is 5.92 Å². The van der Waals surface area contributed by atoms with Crippen molar-refractivity contribution in [2.24, 2.45) is 16.7 Å². The second-order valence-electron chi connectivity index (χ2n) is 6.01. The molecule has 0 amide bonds. The quantitative estimate of drug-likeness (QED) is 0.516. The van der Waals surface area contributed by atoms with E-state index in [1.54, 1.807) is 11.1 Å². The zero-order valence-electron chi connectivity index (χ0n) is 10.1. The van der Waals surface area contributed by atoms with Crippen molar-refractivity contribution in [1.29, 1.82) is 0 Å². The Hall–Kier alpha value is -0.780. The maximum absolute atomic E-state index is 3.51. The average Bonchev–Trinajstić information content (AvgIpc) is 2.57. The van der Waals surface area contributed by atoms with Gasteiger partial charge in [-0.1, -0.05) is 37.1 Å². The van der Waals surface area contributed by atoms with Crippen molar-refractivity contribution in [3.63, 3.8) is 0 Å². The molecule has 0 heteroatoms. The molecule has 0 heterocycles. The van der Waals surface area contributed by atoms with Gasteiger partial charge in [-0.2, -0.15) is 0 Å². The van der Waals surface area contributed by atoms with Crippen molar-refractivity contribution in [1.82, 2.24) is 0 Å². The molecule has 1 fully saturated rings. The summed E-state index contributed by atoms with van der Waals surface area (Å²) in [4.78, 5) is 0. The van der Waals surface area contributed by atoms with Gasteiger partial charge in [0.15, 0.2) is 0 Å². The van der Waals surface area contributed by atoms with Gasteiger partial charge < -0.3 is 0 Å². The smallest absolute Gasteiger partial charge is 0.0174 e. The maximum atomic E-state index is 3.51. The Labute approximate surface area is 92.8 Å². The van der Waals surface area contributed by atoms with Gasteiger partial charge in [-0.25, -0.2) is 0 Å². The molecule has 2 bridgehead atoms. The molecule has 79 valence electrons. The Morgan fingerprint density at radius 3 is 2.80 bits per heavy atom. The van der Waals surface area contributed by atoms with Gasteiger partial charge in [0.25, 0.3) is 0 Å². The van der Waals surface area contributed by atoms with E-state index in [0.29, 0.717) is 10.8 Å². The van der Waals surface area contributed by atoms with Crippen LogP contribution in [0.15, 0.2) is 28.9 Å². The summed E-state index contributed by atoms with van der Waals surface area (Å²) < 4.78 is 0. The minimum Gasteiger partial charge on any atom is -0.0844 e. The van der Waals surface area contributed by atoms with Crippen LogP contribution in [0.2, 0.25) is 0 Å². The fourth-order valence-corrected chi connectivity index (χ4v) is 4.11. The van der Waals surface area contributed by atoms with Gasteiger partial charge >= 0.3 is 0 Å².